The van der Waals surface area contributed by atoms with E-state index in [0.717, 1.165) is 31.7 Å². The Morgan fingerprint density at radius 2 is 1.94 bits per heavy atom. The van der Waals surface area contributed by atoms with Crippen LogP contribution in [0.3, 0.4) is 0 Å². The van der Waals surface area contributed by atoms with Crippen LogP contribution in [-0.2, 0) is 0 Å². The quantitative estimate of drug-likeness (QED) is 0.829. The standard InChI is InChI=1S/C13H18ClNO2/c1-15-7-5-11(6-8-15)17-12-4-3-10(14)9-13(12)16-2/h3-4,9,11H,5-8H2,1-2H3. The zero-order chi connectivity index (χ0) is 12.3. The molecule has 2 rings (SSSR count). The normalized spacial score (nSPS) is 18.1. The molecule has 1 saturated heterocycles. The van der Waals surface area contributed by atoms with Gasteiger partial charge in [0.1, 0.15) is 6.10 Å². The molecule has 0 saturated carbocycles. The molecule has 1 aliphatic heterocycles. The maximum atomic E-state index is 5.97. The van der Waals surface area contributed by atoms with Crippen LogP contribution >= 0.6 is 11.6 Å². The lowest BCUT2D eigenvalue weighted by Crippen LogP contribution is -2.35. The van der Waals surface area contributed by atoms with Crippen molar-refractivity contribution in [1.29, 1.82) is 0 Å². The fourth-order valence-corrected chi connectivity index (χ4v) is 2.18. The second-order valence-corrected chi connectivity index (χ2v) is 4.85. The van der Waals surface area contributed by atoms with Crippen LogP contribution in [-0.4, -0.2) is 38.3 Å². The van der Waals surface area contributed by atoms with Gasteiger partial charge in [-0.25, -0.2) is 0 Å². The number of methoxy groups -OCH3 is 1. The number of piperidine rings is 1. The largest absolute Gasteiger partial charge is 0.493 e. The third-order valence-electron chi connectivity index (χ3n) is 3.08. The second-order valence-electron chi connectivity index (χ2n) is 4.42. The predicted octanol–water partition coefficient (Wildman–Crippen LogP) is 2.82. The molecule has 3 nitrogen and oxygen atoms in total. The van der Waals surface area contributed by atoms with E-state index in [9.17, 15) is 0 Å². The van der Waals surface area contributed by atoms with Crippen molar-refractivity contribution in [3.8, 4) is 11.5 Å². The van der Waals surface area contributed by atoms with Gasteiger partial charge in [-0.15, -0.1) is 0 Å². The summed E-state index contributed by atoms with van der Waals surface area (Å²) < 4.78 is 11.2. The lowest BCUT2D eigenvalue weighted by atomic mass is 10.1. The first kappa shape index (κ1) is 12.5. The van der Waals surface area contributed by atoms with Gasteiger partial charge in [0.05, 0.1) is 7.11 Å². The van der Waals surface area contributed by atoms with E-state index in [1.54, 1.807) is 13.2 Å². The Balaban J connectivity index is 2.03. The van der Waals surface area contributed by atoms with Gasteiger partial charge in [-0.1, -0.05) is 11.6 Å². The van der Waals surface area contributed by atoms with Crippen molar-refractivity contribution in [3.05, 3.63) is 23.2 Å². The molecule has 0 aromatic heterocycles. The Hall–Kier alpha value is -0.930. The van der Waals surface area contributed by atoms with Crippen molar-refractivity contribution in [2.75, 3.05) is 27.2 Å². The van der Waals surface area contributed by atoms with Crippen molar-refractivity contribution >= 4 is 11.6 Å². The van der Waals surface area contributed by atoms with Gasteiger partial charge >= 0.3 is 0 Å². The van der Waals surface area contributed by atoms with Crippen molar-refractivity contribution < 1.29 is 9.47 Å². The average molecular weight is 256 g/mol. The summed E-state index contributed by atoms with van der Waals surface area (Å²) in [6.07, 6.45) is 2.39. The van der Waals surface area contributed by atoms with Crippen molar-refractivity contribution in [3.63, 3.8) is 0 Å². The summed E-state index contributed by atoms with van der Waals surface area (Å²) in [4.78, 5) is 2.32. The molecule has 0 amide bonds. The van der Waals surface area contributed by atoms with E-state index in [1.165, 1.54) is 0 Å². The highest BCUT2D eigenvalue weighted by molar-refractivity contribution is 6.30. The van der Waals surface area contributed by atoms with E-state index in [1.807, 2.05) is 12.1 Å². The molecule has 4 heteroatoms. The highest BCUT2D eigenvalue weighted by atomic mass is 35.5. The summed E-state index contributed by atoms with van der Waals surface area (Å²) in [7, 11) is 3.77. The Kier molecular flexibility index (Phi) is 4.13. The highest BCUT2D eigenvalue weighted by Crippen LogP contribution is 2.31. The molecule has 0 bridgehead atoms. The van der Waals surface area contributed by atoms with Crippen molar-refractivity contribution in [2.45, 2.75) is 18.9 Å². The highest BCUT2D eigenvalue weighted by Gasteiger charge is 2.19. The SMILES string of the molecule is COc1cc(Cl)ccc1OC1CCN(C)CC1. The van der Waals surface area contributed by atoms with Gasteiger partial charge in [0.15, 0.2) is 11.5 Å². The van der Waals surface area contributed by atoms with Crippen LogP contribution in [0.5, 0.6) is 11.5 Å². The van der Waals surface area contributed by atoms with E-state index in [2.05, 4.69) is 11.9 Å². The number of hydrogen-bond donors (Lipinski definition) is 0. The van der Waals surface area contributed by atoms with Gasteiger partial charge in [-0.3, -0.25) is 0 Å². The van der Waals surface area contributed by atoms with Gasteiger partial charge in [0, 0.05) is 24.2 Å². The van der Waals surface area contributed by atoms with Crippen LogP contribution in [0.2, 0.25) is 5.02 Å². The number of rotatable bonds is 3. The first-order chi connectivity index (χ1) is 8.19. The maximum Gasteiger partial charge on any atom is 0.162 e. The number of benzene rings is 1. The molecule has 0 N–H and O–H groups in total. The summed E-state index contributed by atoms with van der Waals surface area (Å²) >= 11 is 5.92. The zero-order valence-corrected chi connectivity index (χ0v) is 11.0. The summed E-state index contributed by atoms with van der Waals surface area (Å²) in [6, 6.07) is 5.49. The van der Waals surface area contributed by atoms with Gasteiger partial charge in [-0.2, -0.15) is 0 Å². The molecule has 1 fully saturated rings. The summed E-state index contributed by atoms with van der Waals surface area (Å²) in [5, 5.41) is 0.664. The molecule has 0 radical (unpaired) electrons. The lowest BCUT2D eigenvalue weighted by molar-refractivity contribution is 0.111. The number of nitrogens with zero attached hydrogens (tertiary/aromatic N) is 1. The molecule has 0 aliphatic carbocycles. The van der Waals surface area contributed by atoms with Gasteiger partial charge in [-0.05, 0) is 32.0 Å². The molecule has 1 aromatic rings. The molecule has 0 atom stereocenters. The third kappa shape index (κ3) is 3.27. The molecule has 1 heterocycles. The van der Waals surface area contributed by atoms with Gasteiger partial charge in [0.2, 0.25) is 0 Å². The van der Waals surface area contributed by atoms with Crippen molar-refractivity contribution in [1.82, 2.24) is 4.90 Å². The minimum absolute atomic E-state index is 0.279. The molecule has 1 aromatic carbocycles. The van der Waals surface area contributed by atoms with Crippen LogP contribution in [0.25, 0.3) is 0 Å². The fourth-order valence-electron chi connectivity index (χ4n) is 2.02. The Morgan fingerprint density at radius 1 is 1.24 bits per heavy atom. The monoisotopic (exact) mass is 255 g/mol. The van der Waals surface area contributed by atoms with Crippen LogP contribution in [0.15, 0.2) is 18.2 Å². The van der Waals surface area contributed by atoms with E-state index in [0.29, 0.717) is 10.8 Å². The van der Waals surface area contributed by atoms with Crippen LogP contribution in [0.1, 0.15) is 12.8 Å². The van der Waals surface area contributed by atoms with Gasteiger partial charge < -0.3 is 14.4 Å². The predicted molar refractivity (Wildman–Crippen MR) is 69.2 cm³/mol. The topological polar surface area (TPSA) is 21.7 Å². The number of likely N-dealkylation sites (tertiary alicyclic amines) is 1. The molecule has 17 heavy (non-hydrogen) atoms. The second kappa shape index (κ2) is 5.61. The molecule has 0 spiro atoms. The zero-order valence-electron chi connectivity index (χ0n) is 10.3. The number of ether oxygens (including phenoxy) is 2. The number of halogens is 1. The molecule has 94 valence electrons. The van der Waals surface area contributed by atoms with Crippen molar-refractivity contribution in [2.24, 2.45) is 0 Å². The minimum Gasteiger partial charge on any atom is -0.493 e. The van der Waals surface area contributed by atoms with Crippen LogP contribution in [0.4, 0.5) is 0 Å². The van der Waals surface area contributed by atoms with Gasteiger partial charge in [0.25, 0.3) is 0 Å². The lowest BCUT2D eigenvalue weighted by Gasteiger charge is -2.29. The first-order valence-corrected chi connectivity index (χ1v) is 6.25. The summed E-state index contributed by atoms with van der Waals surface area (Å²) in [5.74, 6) is 1.49. The molecular formula is C13H18ClNO2. The Labute approximate surface area is 107 Å². The fraction of sp³-hybridized carbons (Fsp3) is 0.538. The van der Waals surface area contributed by atoms with Crippen LogP contribution in [0, 0.1) is 0 Å². The van der Waals surface area contributed by atoms with E-state index < -0.39 is 0 Å². The molecule has 0 unspecified atom stereocenters. The number of hydrogen-bond acceptors (Lipinski definition) is 3. The third-order valence-corrected chi connectivity index (χ3v) is 3.32. The maximum absolute atomic E-state index is 5.97. The summed E-state index contributed by atoms with van der Waals surface area (Å²) in [5.41, 5.74) is 0. The minimum atomic E-state index is 0.279. The molecular weight excluding hydrogens is 238 g/mol. The van der Waals surface area contributed by atoms with E-state index >= 15 is 0 Å². The Morgan fingerprint density at radius 3 is 2.59 bits per heavy atom. The van der Waals surface area contributed by atoms with E-state index in [-0.39, 0.29) is 6.10 Å². The first-order valence-electron chi connectivity index (χ1n) is 5.88. The van der Waals surface area contributed by atoms with E-state index in [4.69, 9.17) is 21.1 Å². The summed E-state index contributed by atoms with van der Waals surface area (Å²) in [6.45, 7) is 2.17. The smallest absolute Gasteiger partial charge is 0.162 e. The Bertz CT molecular complexity index is 376. The molecule has 1 aliphatic rings. The average Bonchev–Trinajstić information content (AvgIpc) is 2.34. The van der Waals surface area contributed by atoms with Crippen LogP contribution < -0.4 is 9.47 Å².